The molecular formula is C24H21FN4S3. The van der Waals surface area contributed by atoms with Gasteiger partial charge in [0.15, 0.2) is 5.13 Å². The molecule has 0 amide bonds. The van der Waals surface area contributed by atoms with E-state index in [-0.39, 0.29) is 5.82 Å². The summed E-state index contributed by atoms with van der Waals surface area (Å²) in [6.07, 6.45) is 1.01. The minimum Gasteiger partial charge on any atom is -0.323 e. The van der Waals surface area contributed by atoms with Gasteiger partial charge in [0.1, 0.15) is 21.3 Å². The first-order chi connectivity index (χ1) is 15.6. The first-order valence-corrected chi connectivity index (χ1v) is 13.1. The Hall–Kier alpha value is -2.39. The predicted octanol–water partition coefficient (Wildman–Crippen LogP) is 7.28. The highest BCUT2D eigenvalue weighted by molar-refractivity contribution is 7.24. The zero-order valence-electron chi connectivity index (χ0n) is 17.7. The van der Waals surface area contributed by atoms with Gasteiger partial charge in [-0.3, -0.25) is 4.90 Å². The van der Waals surface area contributed by atoms with Crippen LogP contribution in [0.15, 0.2) is 42.5 Å². The highest BCUT2D eigenvalue weighted by Crippen LogP contribution is 2.47. The molecule has 1 N–H and O–H groups in total. The average Bonchev–Trinajstić information content (AvgIpc) is 3.47. The van der Waals surface area contributed by atoms with E-state index in [1.54, 1.807) is 28.7 Å². The monoisotopic (exact) mass is 480 g/mol. The summed E-state index contributed by atoms with van der Waals surface area (Å²) >= 11 is 5.00. The Labute approximate surface area is 197 Å². The van der Waals surface area contributed by atoms with Crippen LogP contribution >= 0.6 is 34.0 Å². The Morgan fingerprint density at radius 1 is 1.00 bits per heavy atom. The van der Waals surface area contributed by atoms with Crippen LogP contribution in [0.5, 0.6) is 0 Å². The molecule has 4 heterocycles. The van der Waals surface area contributed by atoms with Gasteiger partial charge < -0.3 is 5.32 Å². The third kappa shape index (κ3) is 3.42. The van der Waals surface area contributed by atoms with Crippen molar-refractivity contribution in [3.8, 4) is 10.6 Å². The van der Waals surface area contributed by atoms with Gasteiger partial charge in [0.05, 0.1) is 14.9 Å². The normalized spacial score (nSPS) is 14.5. The van der Waals surface area contributed by atoms with Gasteiger partial charge in [-0.1, -0.05) is 29.5 Å². The van der Waals surface area contributed by atoms with Gasteiger partial charge in [0.2, 0.25) is 0 Å². The molecule has 0 saturated carbocycles. The van der Waals surface area contributed by atoms with Crippen molar-refractivity contribution in [2.75, 3.05) is 11.9 Å². The van der Waals surface area contributed by atoms with Crippen LogP contribution in [0.2, 0.25) is 0 Å². The predicted molar refractivity (Wildman–Crippen MR) is 135 cm³/mol. The molecule has 8 heteroatoms. The van der Waals surface area contributed by atoms with Crippen LogP contribution in [0.1, 0.15) is 24.3 Å². The highest BCUT2D eigenvalue weighted by atomic mass is 32.1. The van der Waals surface area contributed by atoms with Gasteiger partial charge >= 0.3 is 0 Å². The molecule has 0 aliphatic carbocycles. The molecule has 6 rings (SSSR count). The molecule has 3 aromatic heterocycles. The van der Waals surface area contributed by atoms with E-state index in [1.807, 2.05) is 12.1 Å². The quantitative estimate of drug-likeness (QED) is 0.293. The number of nitrogens with zero attached hydrogens (tertiary/aromatic N) is 3. The molecule has 0 spiro atoms. The number of nitrogens with one attached hydrogen (secondary N) is 1. The molecule has 1 aliphatic rings. The Kier molecular flexibility index (Phi) is 4.98. The van der Waals surface area contributed by atoms with Crippen LogP contribution in [0.3, 0.4) is 0 Å². The molecule has 2 aromatic carbocycles. The summed E-state index contributed by atoms with van der Waals surface area (Å²) in [5.41, 5.74) is 4.03. The van der Waals surface area contributed by atoms with E-state index in [4.69, 9.17) is 4.98 Å². The van der Waals surface area contributed by atoms with Gasteiger partial charge in [0.25, 0.3) is 0 Å². The lowest BCUT2D eigenvalue weighted by molar-refractivity contribution is 0.206. The van der Waals surface area contributed by atoms with Crippen LogP contribution in [-0.4, -0.2) is 27.5 Å². The molecule has 0 unspecified atom stereocenters. The van der Waals surface area contributed by atoms with Crippen LogP contribution in [0, 0.1) is 5.82 Å². The Bertz CT molecular complexity index is 1420. The second kappa shape index (κ2) is 7.88. The van der Waals surface area contributed by atoms with Crippen molar-refractivity contribution in [2.24, 2.45) is 0 Å². The number of para-hydroxylation sites is 2. The molecule has 162 valence electrons. The number of benzene rings is 2. The third-order valence-electron chi connectivity index (χ3n) is 5.91. The minimum atomic E-state index is -0.281. The Balaban J connectivity index is 1.47. The first kappa shape index (κ1) is 20.2. The molecule has 4 nitrogen and oxygen atoms in total. The van der Waals surface area contributed by atoms with E-state index in [2.05, 4.69) is 47.2 Å². The number of fused-ring (bicyclic) bond motifs is 3. The minimum absolute atomic E-state index is 0.281. The lowest BCUT2D eigenvalue weighted by Crippen LogP contribution is -2.35. The van der Waals surface area contributed by atoms with E-state index in [0.29, 0.717) is 16.7 Å². The van der Waals surface area contributed by atoms with Crippen LogP contribution in [-0.2, 0) is 13.0 Å². The SMILES string of the molecule is CC(C)N1CCc2c(sc(Nc3nc4c(F)cccc4s3)c2-c2nc3ccccc3s2)C1. The summed E-state index contributed by atoms with van der Waals surface area (Å²) in [5.74, 6) is -0.281. The Morgan fingerprint density at radius 2 is 1.84 bits per heavy atom. The fraction of sp³-hybridized carbons (Fsp3) is 0.250. The fourth-order valence-electron chi connectivity index (χ4n) is 4.22. The van der Waals surface area contributed by atoms with E-state index >= 15 is 0 Å². The number of anilines is 2. The molecule has 1 aliphatic heterocycles. The summed E-state index contributed by atoms with van der Waals surface area (Å²) in [6.45, 7) is 6.50. The van der Waals surface area contributed by atoms with E-state index < -0.39 is 0 Å². The molecule has 5 aromatic rings. The van der Waals surface area contributed by atoms with E-state index in [0.717, 1.165) is 39.7 Å². The Morgan fingerprint density at radius 3 is 2.66 bits per heavy atom. The zero-order chi connectivity index (χ0) is 21.8. The van der Waals surface area contributed by atoms with Crippen molar-refractivity contribution >= 4 is 64.6 Å². The molecule has 0 radical (unpaired) electrons. The summed E-state index contributed by atoms with van der Waals surface area (Å²) < 4.78 is 16.2. The number of thiophene rings is 1. The summed E-state index contributed by atoms with van der Waals surface area (Å²) in [4.78, 5) is 13.4. The number of hydrogen-bond donors (Lipinski definition) is 1. The zero-order valence-corrected chi connectivity index (χ0v) is 20.1. The maximum atomic E-state index is 14.2. The average molecular weight is 481 g/mol. The second-order valence-electron chi connectivity index (χ2n) is 8.24. The molecule has 0 saturated heterocycles. The maximum Gasteiger partial charge on any atom is 0.189 e. The van der Waals surface area contributed by atoms with Crippen LogP contribution in [0.25, 0.3) is 31.0 Å². The maximum absolute atomic E-state index is 14.2. The fourth-order valence-corrected chi connectivity index (χ4v) is 7.56. The van der Waals surface area contributed by atoms with Crippen molar-refractivity contribution in [2.45, 2.75) is 32.9 Å². The van der Waals surface area contributed by atoms with Gasteiger partial charge in [0, 0.05) is 29.6 Å². The number of hydrogen-bond acceptors (Lipinski definition) is 7. The number of aromatic nitrogens is 2. The molecule has 32 heavy (non-hydrogen) atoms. The summed E-state index contributed by atoms with van der Waals surface area (Å²) in [6, 6.07) is 13.9. The lowest BCUT2D eigenvalue weighted by atomic mass is 10.0. The van der Waals surface area contributed by atoms with Crippen molar-refractivity contribution in [3.63, 3.8) is 0 Å². The van der Waals surface area contributed by atoms with Gasteiger partial charge in [-0.25, -0.2) is 14.4 Å². The largest absolute Gasteiger partial charge is 0.323 e. The molecular weight excluding hydrogens is 459 g/mol. The van der Waals surface area contributed by atoms with Crippen LogP contribution < -0.4 is 5.32 Å². The van der Waals surface area contributed by atoms with Crippen molar-refractivity contribution in [3.05, 3.63) is 58.7 Å². The van der Waals surface area contributed by atoms with Gasteiger partial charge in [-0.15, -0.1) is 22.7 Å². The van der Waals surface area contributed by atoms with E-state index in [1.165, 1.54) is 38.1 Å². The number of halogens is 1. The lowest BCUT2D eigenvalue weighted by Gasteiger charge is -2.30. The van der Waals surface area contributed by atoms with Gasteiger partial charge in [-0.05, 0) is 50.1 Å². The summed E-state index contributed by atoms with van der Waals surface area (Å²) in [7, 11) is 0. The third-order valence-corrected chi connectivity index (χ3v) is 9.04. The molecule has 0 fully saturated rings. The standard InChI is InChI=1S/C24H21FN4S3/c1-13(2)29-11-10-14-19(12-29)31-23(20(14)22-26-16-7-3-4-8-17(16)30-22)28-24-27-21-15(25)6-5-9-18(21)32-24/h3-9,13H,10-12H2,1-2H3,(H,27,28). The van der Waals surface area contributed by atoms with E-state index in [9.17, 15) is 4.39 Å². The van der Waals surface area contributed by atoms with Crippen LogP contribution in [0.4, 0.5) is 14.5 Å². The van der Waals surface area contributed by atoms with Crippen molar-refractivity contribution in [1.82, 2.24) is 14.9 Å². The van der Waals surface area contributed by atoms with Crippen molar-refractivity contribution in [1.29, 1.82) is 0 Å². The van der Waals surface area contributed by atoms with Crippen molar-refractivity contribution < 1.29 is 4.39 Å². The molecule has 0 bridgehead atoms. The second-order valence-corrected chi connectivity index (χ2v) is 11.4. The number of thiazole rings is 2. The highest BCUT2D eigenvalue weighted by Gasteiger charge is 2.28. The molecule has 0 atom stereocenters. The van der Waals surface area contributed by atoms with Gasteiger partial charge in [-0.2, -0.15) is 0 Å². The first-order valence-electron chi connectivity index (χ1n) is 10.6. The summed E-state index contributed by atoms with van der Waals surface area (Å²) in [5, 5.41) is 6.35. The topological polar surface area (TPSA) is 41.0 Å². The number of rotatable bonds is 4. The smallest absolute Gasteiger partial charge is 0.189 e.